The highest BCUT2D eigenvalue weighted by molar-refractivity contribution is 7.90. The number of aromatic amines is 1. The Balaban J connectivity index is 1.29. The van der Waals surface area contributed by atoms with Crippen molar-refractivity contribution in [2.75, 3.05) is 25.5 Å². The van der Waals surface area contributed by atoms with Crippen molar-refractivity contribution in [3.63, 3.8) is 0 Å². The lowest BCUT2D eigenvalue weighted by molar-refractivity contribution is -0.110. The summed E-state index contributed by atoms with van der Waals surface area (Å²) in [7, 11) is -1.47. The SMILES string of the molecule is Cc1[nH]c(C=C2C(=O)Nc3ccc(S(=O)(=O)Cc4ccccc4)cc32)c(C)c1C(=O)N1CCC[C@H]1CN(C)C1CC1. The molecule has 9 heteroatoms. The minimum atomic E-state index is -3.62. The molecule has 3 heterocycles. The lowest BCUT2D eigenvalue weighted by atomic mass is 10.0. The Morgan fingerprint density at radius 1 is 1.10 bits per heavy atom. The van der Waals surface area contributed by atoms with Crippen LogP contribution in [-0.2, 0) is 20.4 Å². The molecule has 0 unspecified atom stereocenters. The molecule has 1 saturated heterocycles. The standard InChI is InChI=1S/C32H36N4O4S/c1-20-29(33-21(2)30(20)32(38)36-15-7-10-24(36)18-35(3)23-11-12-23)17-27-26-16-25(13-14-28(26)34-31(27)37)41(39,40)19-22-8-5-4-6-9-22/h4-6,8-9,13-14,16-17,23-24,33H,7,10-12,15,18-19H2,1-3H3,(H,34,37)/t24-/m0/s1. The average molecular weight is 573 g/mol. The second-order valence-corrected chi connectivity index (χ2v) is 13.6. The highest BCUT2D eigenvalue weighted by Crippen LogP contribution is 2.37. The number of aromatic nitrogens is 1. The summed E-state index contributed by atoms with van der Waals surface area (Å²) in [6.07, 6.45) is 6.22. The van der Waals surface area contributed by atoms with E-state index in [9.17, 15) is 18.0 Å². The van der Waals surface area contributed by atoms with Gasteiger partial charge in [-0.05, 0) is 82.0 Å². The number of aryl methyl sites for hydroxylation is 1. The van der Waals surface area contributed by atoms with Gasteiger partial charge in [0, 0.05) is 47.8 Å². The second kappa shape index (κ2) is 10.6. The zero-order valence-electron chi connectivity index (χ0n) is 23.7. The van der Waals surface area contributed by atoms with E-state index in [1.165, 1.54) is 18.9 Å². The third-order valence-corrected chi connectivity index (χ3v) is 10.3. The van der Waals surface area contributed by atoms with Gasteiger partial charge in [-0.2, -0.15) is 0 Å². The van der Waals surface area contributed by atoms with Crippen LogP contribution in [0.5, 0.6) is 0 Å². The number of sulfone groups is 1. The van der Waals surface area contributed by atoms with Gasteiger partial charge in [-0.3, -0.25) is 9.59 Å². The van der Waals surface area contributed by atoms with Crippen LogP contribution in [0.4, 0.5) is 5.69 Å². The summed E-state index contributed by atoms with van der Waals surface area (Å²) in [5.41, 5.74) is 5.04. The van der Waals surface area contributed by atoms with E-state index in [4.69, 9.17) is 0 Å². The van der Waals surface area contributed by atoms with Gasteiger partial charge in [0.1, 0.15) is 0 Å². The highest BCUT2D eigenvalue weighted by atomic mass is 32.2. The normalized spacial score (nSPS) is 19.7. The van der Waals surface area contributed by atoms with E-state index in [2.05, 4.69) is 22.2 Å². The molecule has 2 amide bonds. The first kappa shape index (κ1) is 27.5. The quantitative estimate of drug-likeness (QED) is 0.378. The van der Waals surface area contributed by atoms with Crippen LogP contribution in [0.2, 0.25) is 0 Å². The average Bonchev–Trinajstić information content (AvgIpc) is 3.53. The van der Waals surface area contributed by atoms with E-state index in [1.807, 2.05) is 36.9 Å². The van der Waals surface area contributed by atoms with Crippen molar-refractivity contribution in [3.05, 3.63) is 82.2 Å². The van der Waals surface area contributed by atoms with E-state index in [0.29, 0.717) is 39.7 Å². The summed E-state index contributed by atoms with van der Waals surface area (Å²) in [4.78, 5) is 34.7. The summed E-state index contributed by atoms with van der Waals surface area (Å²) in [6.45, 7) is 5.43. The molecule has 0 bridgehead atoms. The van der Waals surface area contributed by atoms with Crippen LogP contribution in [0.25, 0.3) is 11.6 Å². The molecule has 2 fully saturated rings. The lowest BCUT2D eigenvalue weighted by Crippen LogP contribution is -2.43. The van der Waals surface area contributed by atoms with E-state index in [0.717, 1.165) is 37.2 Å². The number of H-pyrrole nitrogens is 1. The molecule has 0 radical (unpaired) electrons. The van der Waals surface area contributed by atoms with Crippen molar-refractivity contribution < 1.29 is 18.0 Å². The van der Waals surface area contributed by atoms with E-state index in [1.54, 1.807) is 30.3 Å². The fourth-order valence-electron chi connectivity index (χ4n) is 6.20. The first-order valence-electron chi connectivity index (χ1n) is 14.3. The number of anilines is 1. The van der Waals surface area contributed by atoms with E-state index < -0.39 is 9.84 Å². The Hall–Kier alpha value is -3.69. The Morgan fingerprint density at radius 3 is 2.59 bits per heavy atom. The maximum absolute atomic E-state index is 13.8. The fraction of sp³-hybridized carbons (Fsp3) is 0.375. The number of likely N-dealkylation sites (N-methyl/N-ethyl adjacent to an activating group) is 1. The molecule has 2 aromatic carbocycles. The maximum atomic E-state index is 13.8. The van der Waals surface area contributed by atoms with Gasteiger partial charge in [0.05, 0.1) is 21.8 Å². The van der Waals surface area contributed by atoms with Crippen LogP contribution in [-0.4, -0.2) is 67.2 Å². The molecule has 1 aromatic heterocycles. The first-order valence-corrected chi connectivity index (χ1v) is 15.9. The number of hydrogen-bond donors (Lipinski definition) is 2. The second-order valence-electron chi connectivity index (χ2n) is 11.6. The third-order valence-electron chi connectivity index (χ3n) is 8.62. The van der Waals surface area contributed by atoms with Gasteiger partial charge < -0.3 is 20.1 Å². The van der Waals surface area contributed by atoms with Crippen LogP contribution >= 0.6 is 0 Å². The van der Waals surface area contributed by atoms with Crippen LogP contribution in [0.1, 0.15) is 64.1 Å². The largest absolute Gasteiger partial charge is 0.358 e. The molecular weight excluding hydrogens is 536 g/mol. The number of benzene rings is 2. The highest BCUT2D eigenvalue weighted by Gasteiger charge is 2.36. The number of carbonyl (C=O) groups is 2. The van der Waals surface area contributed by atoms with Gasteiger partial charge in [-0.15, -0.1) is 0 Å². The van der Waals surface area contributed by atoms with Crippen molar-refractivity contribution >= 4 is 39.0 Å². The molecule has 8 nitrogen and oxygen atoms in total. The smallest absolute Gasteiger partial charge is 0.256 e. The van der Waals surface area contributed by atoms with Gasteiger partial charge in [0.2, 0.25) is 0 Å². The molecular formula is C32H36N4O4S. The first-order chi connectivity index (χ1) is 19.6. The molecule has 6 rings (SSSR count). The van der Waals surface area contributed by atoms with Crippen LogP contribution in [0.15, 0.2) is 53.4 Å². The molecule has 1 saturated carbocycles. The summed E-state index contributed by atoms with van der Waals surface area (Å²) >= 11 is 0. The van der Waals surface area contributed by atoms with Crippen molar-refractivity contribution in [2.24, 2.45) is 0 Å². The molecule has 3 aliphatic rings. The number of rotatable bonds is 8. The zero-order valence-corrected chi connectivity index (χ0v) is 24.6. The summed E-state index contributed by atoms with van der Waals surface area (Å²) in [5, 5.41) is 2.85. The molecule has 3 aromatic rings. The van der Waals surface area contributed by atoms with Crippen LogP contribution in [0.3, 0.4) is 0 Å². The Bertz CT molecular complexity index is 1650. The zero-order chi connectivity index (χ0) is 28.9. The number of carbonyl (C=O) groups excluding carboxylic acids is 2. The number of likely N-dealkylation sites (tertiary alicyclic amines) is 1. The van der Waals surface area contributed by atoms with Gasteiger partial charge in [-0.25, -0.2) is 8.42 Å². The van der Waals surface area contributed by atoms with Crippen molar-refractivity contribution in [2.45, 2.75) is 62.3 Å². The summed E-state index contributed by atoms with van der Waals surface area (Å²) in [6, 6.07) is 14.6. The van der Waals surface area contributed by atoms with Gasteiger partial charge >= 0.3 is 0 Å². The van der Waals surface area contributed by atoms with Gasteiger partial charge in [-0.1, -0.05) is 30.3 Å². The Kier molecular flexibility index (Phi) is 7.11. The predicted molar refractivity (Wildman–Crippen MR) is 160 cm³/mol. The topological polar surface area (TPSA) is 103 Å². The number of amides is 2. The Morgan fingerprint density at radius 2 is 1.85 bits per heavy atom. The number of nitrogens with zero attached hydrogens (tertiary/aromatic N) is 2. The molecule has 0 spiro atoms. The van der Waals surface area contributed by atoms with Crippen molar-refractivity contribution in [3.8, 4) is 0 Å². The molecule has 2 aliphatic heterocycles. The summed E-state index contributed by atoms with van der Waals surface area (Å²) in [5.74, 6) is -0.403. The molecule has 214 valence electrons. The number of fused-ring (bicyclic) bond motifs is 1. The maximum Gasteiger partial charge on any atom is 0.256 e. The van der Waals surface area contributed by atoms with E-state index in [-0.39, 0.29) is 28.5 Å². The van der Waals surface area contributed by atoms with Crippen LogP contribution < -0.4 is 5.32 Å². The molecule has 2 N–H and O–H groups in total. The third kappa shape index (κ3) is 5.36. The van der Waals surface area contributed by atoms with E-state index >= 15 is 0 Å². The minimum absolute atomic E-state index is 0.0261. The van der Waals surface area contributed by atoms with Crippen molar-refractivity contribution in [1.29, 1.82) is 0 Å². The minimum Gasteiger partial charge on any atom is -0.358 e. The van der Waals surface area contributed by atoms with Gasteiger partial charge in [0.25, 0.3) is 11.8 Å². The molecule has 1 atom stereocenters. The predicted octanol–water partition coefficient (Wildman–Crippen LogP) is 4.80. The van der Waals surface area contributed by atoms with Gasteiger partial charge in [0.15, 0.2) is 9.84 Å². The molecule has 1 aliphatic carbocycles. The lowest BCUT2D eigenvalue weighted by Gasteiger charge is -2.29. The Labute approximate surface area is 241 Å². The van der Waals surface area contributed by atoms with Crippen molar-refractivity contribution in [1.82, 2.24) is 14.8 Å². The fourth-order valence-corrected chi connectivity index (χ4v) is 7.57. The number of nitrogens with one attached hydrogen (secondary N) is 2. The summed E-state index contributed by atoms with van der Waals surface area (Å²) < 4.78 is 26.4. The monoisotopic (exact) mass is 572 g/mol. The molecule has 41 heavy (non-hydrogen) atoms. The number of hydrogen-bond acceptors (Lipinski definition) is 5. The van der Waals surface area contributed by atoms with Crippen LogP contribution in [0, 0.1) is 13.8 Å².